The fourth-order valence-electron chi connectivity index (χ4n) is 1.61. The molecule has 0 saturated carbocycles. The Labute approximate surface area is 84.7 Å². The second kappa shape index (κ2) is 4.84. The van der Waals surface area contributed by atoms with Gasteiger partial charge in [0.1, 0.15) is 0 Å². The molecule has 0 N–H and O–H groups in total. The Hall–Kier alpha value is -1.25. The Balaban J connectivity index is 2.76. The first kappa shape index (κ1) is 10.8. The van der Waals surface area contributed by atoms with Crippen LogP contribution in [0.3, 0.4) is 0 Å². The number of rotatable bonds is 5. The molecule has 1 heterocycles. The zero-order chi connectivity index (χ0) is 10.6. The van der Waals surface area contributed by atoms with E-state index in [1.165, 1.54) is 0 Å². The Morgan fingerprint density at radius 1 is 1.43 bits per heavy atom. The first-order chi connectivity index (χ1) is 6.72. The minimum Gasteiger partial charge on any atom is -0.438 e. The van der Waals surface area contributed by atoms with Gasteiger partial charge in [-0.1, -0.05) is 13.8 Å². The molecule has 1 aromatic rings. The maximum atomic E-state index is 10.4. The first-order valence-corrected chi connectivity index (χ1v) is 5.00. The summed E-state index contributed by atoms with van der Waals surface area (Å²) in [4.78, 5) is 12.5. The number of furan rings is 1. The fraction of sp³-hybridized carbons (Fsp3) is 0.545. The third-order valence-corrected chi connectivity index (χ3v) is 2.57. The number of aldehydes is 1. The molecular weight excluding hydrogens is 178 g/mol. The van der Waals surface area contributed by atoms with E-state index in [0.29, 0.717) is 11.8 Å². The number of hydrogen-bond acceptors (Lipinski definition) is 3. The molecule has 0 unspecified atom stereocenters. The van der Waals surface area contributed by atoms with Gasteiger partial charge in [0, 0.05) is 19.2 Å². The van der Waals surface area contributed by atoms with Crippen molar-refractivity contribution < 1.29 is 9.21 Å². The molecule has 0 amide bonds. The summed E-state index contributed by atoms with van der Waals surface area (Å²) in [6.07, 6.45) is 2.87. The molecule has 0 radical (unpaired) electrons. The van der Waals surface area contributed by atoms with Crippen LogP contribution in [-0.2, 0) is 0 Å². The van der Waals surface area contributed by atoms with Gasteiger partial charge in [-0.2, -0.15) is 0 Å². The highest BCUT2D eigenvalue weighted by molar-refractivity contribution is 5.71. The summed E-state index contributed by atoms with van der Waals surface area (Å²) in [5.74, 6) is 1.15. The molecule has 78 valence electrons. The minimum atomic E-state index is 0.387. The van der Waals surface area contributed by atoms with Crippen LogP contribution in [0.5, 0.6) is 0 Å². The summed E-state index contributed by atoms with van der Waals surface area (Å²) >= 11 is 0. The third kappa shape index (κ3) is 2.16. The van der Waals surface area contributed by atoms with Crippen molar-refractivity contribution in [2.45, 2.75) is 32.7 Å². The van der Waals surface area contributed by atoms with Crippen molar-refractivity contribution in [2.24, 2.45) is 0 Å². The predicted molar refractivity (Wildman–Crippen MR) is 56.9 cm³/mol. The van der Waals surface area contributed by atoms with Crippen molar-refractivity contribution in [2.75, 3.05) is 11.9 Å². The molecule has 0 atom stereocenters. The van der Waals surface area contributed by atoms with Gasteiger partial charge in [0.15, 0.2) is 17.9 Å². The average molecular weight is 195 g/mol. The van der Waals surface area contributed by atoms with Crippen LogP contribution in [0.2, 0.25) is 0 Å². The van der Waals surface area contributed by atoms with Crippen LogP contribution in [0.15, 0.2) is 16.5 Å². The normalized spacial score (nSPS) is 10.6. The van der Waals surface area contributed by atoms with Crippen molar-refractivity contribution in [3.05, 3.63) is 17.9 Å². The highest BCUT2D eigenvalue weighted by Gasteiger charge is 2.13. The van der Waals surface area contributed by atoms with Crippen LogP contribution in [0.4, 0.5) is 5.88 Å². The first-order valence-electron chi connectivity index (χ1n) is 5.00. The average Bonchev–Trinajstić information content (AvgIpc) is 2.67. The topological polar surface area (TPSA) is 33.5 Å². The fourth-order valence-corrected chi connectivity index (χ4v) is 1.61. The van der Waals surface area contributed by atoms with Gasteiger partial charge in [-0.25, -0.2) is 0 Å². The van der Waals surface area contributed by atoms with Crippen LogP contribution >= 0.6 is 0 Å². The summed E-state index contributed by atoms with van der Waals surface area (Å²) in [6.45, 7) is 4.29. The lowest BCUT2D eigenvalue weighted by molar-refractivity contribution is 0.110. The van der Waals surface area contributed by atoms with Crippen LogP contribution in [0.1, 0.15) is 37.2 Å². The molecular formula is C11H17NO2. The second-order valence-corrected chi connectivity index (χ2v) is 3.38. The van der Waals surface area contributed by atoms with Crippen LogP contribution in [-0.4, -0.2) is 19.4 Å². The SMILES string of the molecule is CCC(CC)N(C)c1ccc(C=O)o1. The Kier molecular flexibility index (Phi) is 3.74. The summed E-state index contributed by atoms with van der Waals surface area (Å²) in [7, 11) is 1.99. The number of carbonyl (C=O) groups excluding carboxylic acids is 1. The molecule has 0 aliphatic heterocycles. The third-order valence-electron chi connectivity index (χ3n) is 2.57. The van der Waals surface area contributed by atoms with Gasteiger partial charge in [-0.05, 0) is 18.9 Å². The maximum Gasteiger partial charge on any atom is 0.196 e. The highest BCUT2D eigenvalue weighted by Crippen LogP contribution is 2.20. The zero-order valence-electron chi connectivity index (χ0n) is 8.99. The van der Waals surface area contributed by atoms with Crippen LogP contribution < -0.4 is 4.90 Å². The minimum absolute atomic E-state index is 0.387. The van der Waals surface area contributed by atoms with Crippen molar-refractivity contribution in [3.63, 3.8) is 0 Å². The molecule has 0 aliphatic rings. The molecule has 14 heavy (non-hydrogen) atoms. The monoisotopic (exact) mass is 195 g/mol. The summed E-state index contributed by atoms with van der Waals surface area (Å²) in [5, 5.41) is 0. The second-order valence-electron chi connectivity index (χ2n) is 3.38. The molecule has 1 rings (SSSR count). The molecule has 1 aromatic heterocycles. The predicted octanol–water partition coefficient (Wildman–Crippen LogP) is 2.72. The van der Waals surface area contributed by atoms with Crippen molar-refractivity contribution in [3.8, 4) is 0 Å². The van der Waals surface area contributed by atoms with E-state index >= 15 is 0 Å². The van der Waals surface area contributed by atoms with E-state index in [2.05, 4.69) is 18.7 Å². The van der Waals surface area contributed by atoms with E-state index in [4.69, 9.17) is 4.42 Å². The molecule has 0 bridgehead atoms. The van der Waals surface area contributed by atoms with Gasteiger partial charge in [0.25, 0.3) is 0 Å². The van der Waals surface area contributed by atoms with E-state index in [0.717, 1.165) is 25.0 Å². The summed E-state index contributed by atoms with van der Waals surface area (Å²) < 4.78 is 5.34. The van der Waals surface area contributed by atoms with Gasteiger partial charge < -0.3 is 9.32 Å². The van der Waals surface area contributed by atoms with Crippen LogP contribution in [0.25, 0.3) is 0 Å². The van der Waals surface area contributed by atoms with E-state index in [-0.39, 0.29) is 0 Å². The van der Waals surface area contributed by atoms with Crippen LogP contribution in [0, 0.1) is 0 Å². The molecule has 0 fully saturated rings. The van der Waals surface area contributed by atoms with E-state index < -0.39 is 0 Å². The van der Waals surface area contributed by atoms with Gasteiger partial charge >= 0.3 is 0 Å². The van der Waals surface area contributed by atoms with Crippen molar-refractivity contribution in [1.29, 1.82) is 0 Å². The van der Waals surface area contributed by atoms with E-state index in [1.807, 2.05) is 13.1 Å². The van der Waals surface area contributed by atoms with Gasteiger partial charge in [-0.3, -0.25) is 4.79 Å². The maximum absolute atomic E-state index is 10.4. The Morgan fingerprint density at radius 2 is 2.07 bits per heavy atom. The summed E-state index contributed by atoms with van der Waals surface area (Å²) in [5.41, 5.74) is 0. The smallest absolute Gasteiger partial charge is 0.196 e. The van der Waals surface area contributed by atoms with Crippen molar-refractivity contribution in [1.82, 2.24) is 0 Å². The Bertz CT molecular complexity index is 289. The quantitative estimate of drug-likeness (QED) is 0.677. The lowest BCUT2D eigenvalue weighted by Gasteiger charge is -2.25. The van der Waals surface area contributed by atoms with E-state index in [9.17, 15) is 4.79 Å². The lowest BCUT2D eigenvalue weighted by atomic mass is 10.1. The number of anilines is 1. The number of carbonyl (C=O) groups is 1. The van der Waals surface area contributed by atoms with Gasteiger partial charge in [-0.15, -0.1) is 0 Å². The molecule has 0 spiro atoms. The molecule has 3 nitrogen and oxygen atoms in total. The standard InChI is InChI=1S/C11H17NO2/c1-4-9(5-2)12(3)11-7-6-10(8-13)14-11/h6-9H,4-5H2,1-3H3. The van der Waals surface area contributed by atoms with Crippen molar-refractivity contribution >= 4 is 12.2 Å². The molecule has 0 saturated heterocycles. The largest absolute Gasteiger partial charge is 0.438 e. The molecule has 3 heteroatoms. The molecule has 0 aliphatic carbocycles. The van der Waals surface area contributed by atoms with E-state index in [1.54, 1.807) is 6.07 Å². The van der Waals surface area contributed by atoms with Gasteiger partial charge in [0.2, 0.25) is 0 Å². The zero-order valence-corrected chi connectivity index (χ0v) is 8.99. The highest BCUT2D eigenvalue weighted by atomic mass is 16.4. The Morgan fingerprint density at radius 3 is 2.50 bits per heavy atom. The number of nitrogens with zero attached hydrogens (tertiary/aromatic N) is 1. The van der Waals surface area contributed by atoms with Gasteiger partial charge in [0.05, 0.1) is 0 Å². The molecule has 0 aromatic carbocycles. The lowest BCUT2D eigenvalue weighted by Crippen LogP contribution is -2.29. The number of hydrogen-bond donors (Lipinski definition) is 0. The summed E-state index contributed by atoms with van der Waals surface area (Å²) in [6, 6.07) is 4.00.